The third kappa shape index (κ3) is 4.03. The minimum absolute atomic E-state index is 0.0457. The van der Waals surface area contributed by atoms with Gasteiger partial charge in [-0.15, -0.1) is 0 Å². The minimum Gasteiger partial charge on any atom is -0.383 e. The molecule has 2 rings (SSSR count). The molecule has 21 heavy (non-hydrogen) atoms. The zero-order valence-electron chi connectivity index (χ0n) is 12.8. The zero-order chi connectivity index (χ0) is 15.2. The Morgan fingerprint density at radius 1 is 1.14 bits per heavy atom. The predicted molar refractivity (Wildman–Crippen MR) is 85.6 cm³/mol. The topological polar surface area (TPSA) is 54.1 Å². The first kappa shape index (κ1) is 15.5. The summed E-state index contributed by atoms with van der Waals surface area (Å²) in [6.07, 6.45) is 0. The van der Waals surface area contributed by atoms with E-state index in [1.165, 1.54) is 11.1 Å². The van der Waals surface area contributed by atoms with Crippen molar-refractivity contribution in [2.45, 2.75) is 20.4 Å². The summed E-state index contributed by atoms with van der Waals surface area (Å²) < 4.78 is 4.96. The van der Waals surface area contributed by atoms with Crippen LogP contribution >= 0.6 is 0 Å². The molecule has 0 saturated carbocycles. The van der Waals surface area contributed by atoms with Gasteiger partial charge in [0.1, 0.15) is 0 Å². The van der Waals surface area contributed by atoms with Crippen LogP contribution in [0.25, 0.3) is 11.3 Å². The molecule has 0 radical (unpaired) electrons. The van der Waals surface area contributed by atoms with Crippen LogP contribution in [0, 0.1) is 13.8 Å². The molecule has 0 bridgehead atoms. The maximum Gasteiger partial charge on any atom is 0.252 e. The van der Waals surface area contributed by atoms with Crippen LogP contribution in [0.5, 0.6) is 0 Å². The molecule has 112 valence electrons. The molecule has 0 amide bonds. The van der Waals surface area contributed by atoms with Crippen LogP contribution in [-0.2, 0) is 11.3 Å². The molecule has 2 N–H and O–H groups in total. The number of nitrogens with one attached hydrogen (secondary N) is 2. The summed E-state index contributed by atoms with van der Waals surface area (Å²) in [6, 6.07) is 10.0. The van der Waals surface area contributed by atoms with Crippen molar-refractivity contribution >= 4 is 0 Å². The van der Waals surface area contributed by atoms with Crippen LogP contribution in [0.1, 0.15) is 16.7 Å². The molecule has 1 aromatic heterocycles. The number of methoxy groups -OCH3 is 1. The highest BCUT2D eigenvalue weighted by Gasteiger charge is 2.04. The average molecular weight is 286 g/mol. The Labute approximate surface area is 125 Å². The molecule has 0 aliphatic carbocycles. The summed E-state index contributed by atoms with van der Waals surface area (Å²) in [7, 11) is 1.66. The second-order valence-corrected chi connectivity index (χ2v) is 5.19. The smallest absolute Gasteiger partial charge is 0.252 e. The maximum absolute atomic E-state index is 12.1. The summed E-state index contributed by atoms with van der Waals surface area (Å²) >= 11 is 0. The fourth-order valence-corrected chi connectivity index (χ4v) is 2.12. The number of rotatable bonds is 6. The lowest BCUT2D eigenvalue weighted by atomic mass is 10.0. The van der Waals surface area contributed by atoms with E-state index in [9.17, 15) is 4.79 Å². The molecule has 4 nitrogen and oxygen atoms in total. The van der Waals surface area contributed by atoms with Gasteiger partial charge in [-0.2, -0.15) is 0 Å². The third-order valence-corrected chi connectivity index (χ3v) is 3.61. The van der Waals surface area contributed by atoms with Gasteiger partial charge in [0.25, 0.3) is 5.56 Å². The number of pyridine rings is 1. The molecule has 1 aromatic carbocycles. The lowest BCUT2D eigenvalue weighted by molar-refractivity contribution is 0.199. The fraction of sp³-hybridized carbons (Fsp3) is 0.353. The van der Waals surface area contributed by atoms with Crippen LogP contribution in [0.15, 0.2) is 35.1 Å². The molecular formula is C17H22N2O2. The number of aromatic nitrogens is 1. The molecule has 4 heteroatoms. The highest BCUT2D eigenvalue weighted by atomic mass is 16.5. The first-order valence-corrected chi connectivity index (χ1v) is 7.11. The van der Waals surface area contributed by atoms with E-state index in [2.05, 4.69) is 36.3 Å². The van der Waals surface area contributed by atoms with Crippen molar-refractivity contribution in [1.29, 1.82) is 0 Å². The van der Waals surface area contributed by atoms with Gasteiger partial charge in [0.15, 0.2) is 0 Å². The molecule has 0 aliphatic rings. The Morgan fingerprint density at radius 3 is 2.62 bits per heavy atom. The van der Waals surface area contributed by atoms with E-state index in [0.717, 1.165) is 23.4 Å². The van der Waals surface area contributed by atoms with Gasteiger partial charge in [0.2, 0.25) is 0 Å². The summed E-state index contributed by atoms with van der Waals surface area (Å²) in [5, 5.41) is 3.17. The standard InChI is InChI=1S/C17H22N2O2/c1-12-4-5-14(10-13(12)2)16-7-6-15(17(20)19-16)11-18-8-9-21-3/h4-7,10,18H,8-9,11H2,1-3H3,(H,19,20). The number of aryl methyl sites for hydroxylation is 2. The summed E-state index contributed by atoms with van der Waals surface area (Å²) in [6.45, 7) is 6.07. The maximum atomic E-state index is 12.1. The Balaban J connectivity index is 2.14. The quantitative estimate of drug-likeness (QED) is 0.802. The van der Waals surface area contributed by atoms with Gasteiger partial charge in [0, 0.05) is 31.5 Å². The Hall–Kier alpha value is -1.91. The van der Waals surface area contributed by atoms with Crippen LogP contribution in [-0.4, -0.2) is 25.2 Å². The van der Waals surface area contributed by atoms with Crippen molar-refractivity contribution in [3.05, 3.63) is 57.4 Å². The Kier molecular flexibility index (Phi) is 5.31. The fourth-order valence-electron chi connectivity index (χ4n) is 2.12. The first-order chi connectivity index (χ1) is 10.1. The molecule has 0 atom stereocenters. The van der Waals surface area contributed by atoms with Crippen molar-refractivity contribution in [1.82, 2.24) is 10.3 Å². The Morgan fingerprint density at radius 2 is 1.95 bits per heavy atom. The molecule has 2 aromatic rings. The lowest BCUT2D eigenvalue weighted by Gasteiger charge is -2.07. The van der Waals surface area contributed by atoms with Crippen LogP contribution in [0.2, 0.25) is 0 Å². The van der Waals surface area contributed by atoms with Gasteiger partial charge >= 0.3 is 0 Å². The third-order valence-electron chi connectivity index (χ3n) is 3.61. The first-order valence-electron chi connectivity index (χ1n) is 7.11. The predicted octanol–water partition coefficient (Wildman–Crippen LogP) is 2.39. The van der Waals surface area contributed by atoms with E-state index in [-0.39, 0.29) is 5.56 Å². The van der Waals surface area contributed by atoms with Crippen molar-refractivity contribution in [3.63, 3.8) is 0 Å². The normalized spacial score (nSPS) is 10.8. The van der Waals surface area contributed by atoms with E-state index in [4.69, 9.17) is 4.74 Å². The Bertz CT molecular complexity index is 662. The van der Waals surface area contributed by atoms with E-state index >= 15 is 0 Å². The molecule has 1 heterocycles. The highest BCUT2D eigenvalue weighted by Crippen LogP contribution is 2.19. The number of H-pyrrole nitrogens is 1. The number of hydrogen-bond acceptors (Lipinski definition) is 3. The summed E-state index contributed by atoms with van der Waals surface area (Å²) in [4.78, 5) is 15.1. The summed E-state index contributed by atoms with van der Waals surface area (Å²) in [5.74, 6) is 0. The van der Waals surface area contributed by atoms with E-state index < -0.39 is 0 Å². The largest absolute Gasteiger partial charge is 0.383 e. The zero-order valence-corrected chi connectivity index (χ0v) is 12.8. The number of ether oxygens (including phenoxy) is 1. The van der Waals surface area contributed by atoms with Gasteiger partial charge in [-0.05, 0) is 42.7 Å². The van der Waals surface area contributed by atoms with Gasteiger partial charge in [0.05, 0.1) is 6.61 Å². The highest BCUT2D eigenvalue weighted by molar-refractivity contribution is 5.60. The molecular weight excluding hydrogens is 264 g/mol. The van der Waals surface area contributed by atoms with E-state index in [0.29, 0.717) is 13.2 Å². The molecule has 0 fully saturated rings. The van der Waals surface area contributed by atoms with Crippen LogP contribution < -0.4 is 10.9 Å². The van der Waals surface area contributed by atoms with Gasteiger partial charge in [-0.1, -0.05) is 18.2 Å². The van der Waals surface area contributed by atoms with E-state index in [1.54, 1.807) is 7.11 Å². The van der Waals surface area contributed by atoms with Gasteiger partial charge in [-0.25, -0.2) is 0 Å². The average Bonchev–Trinajstić information content (AvgIpc) is 2.48. The van der Waals surface area contributed by atoms with Crippen molar-refractivity contribution in [2.75, 3.05) is 20.3 Å². The monoisotopic (exact) mass is 286 g/mol. The summed E-state index contributed by atoms with van der Waals surface area (Å²) in [5.41, 5.74) is 5.05. The van der Waals surface area contributed by atoms with Gasteiger partial charge < -0.3 is 15.0 Å². The second-order valence-electron chi connectivity index (χ2n) is 5.19. The van der Waals surface area contributed by atoms with Gasteiger partial charge in [-0.3, -0.25) is 4.79 Å². The molecule has 0 saturated heterocycles. The van der Waals surface area contributed by atoms with Crippen molar-refractivity contribution < 1.29 is 4.74 Å². The molecule has 0 aliphatic heterocycles. The SMILES string of the molecule is COCCNCc1ccc(-c2ccc(C)c(C)c2)[nH]c1=O. The van der Waals surface area contributed by atoms with Crippen LogP contribution in [0.4, 0.5) is 0 Å². The van der Waals surface area contributed by atoms with Crippen LogP contribution in [0.3, 0.4) is 0 Å². The number of hydrogen-bond donors (Lipinski definition) is 2. The minimum atomic E-state index is -0.0457. The molecule has 0 spiro atoms. The van der Waals surface area contributed by atoms with Crippen molar-refractivity contribution in [3.8, 4) is 11.3 Å². The van der Waals surface area contributed by atoms with Crippen molar-refractivity contribution in [2.24, 2.45) is 0 Å². The molecule has 0 unspecified atom stereocenters. The second kappa shape index (κ2) is 7.20. The van der Waals surface area contributed by atoms with E-state index in [1.807, 2.05) is 18.2 Å². The lowest BCUT2D eigenvalue weighted by Crippen LogP contribution is -2.23. The number of benzene rings is 1. The number of aromatic amines is 1.